The van der Waals surface area contributed by atoms with E-state index in [2.05, 4.69) is 34.2 Å². The first-order valence-corrected chi connectivity index (χ1v) is 5.55. The van der Waals surface area contributed by atoms with Gasteiger partial charge in [-0.2, -0.15) is 0 Å². The molecule has 1 saturated carbocycles. The first-order valence-electron chi connectivity index (χ1n) is 5.55. The first kappa shape index (κ1) is 10.4. The van der Waals surface area contributed by atoms with Gasteiger partial charge in [-0.1, -0.05) is 6.92 Å². The van der Waals surface area contributed by atoms with Crippen molar-refractivity contribution in [3.63, 3.8) is 0 Å². The molecular formula is C11H18N4. The Balaban J connectivity index is 1.96. The average Bonchev–Trinajstić information content (AvgIpc) is 3.10. The highest BCUT2D eigenvalue weighted by Crippen LogP contribution is 2.27. The van der Waals surface area contributed by atoms with Crippen molar-refractivity contribution in [3.8, 4) is 0 Å². The molecule has 0 amide bonds. The highest BCUT2D eigenvalue weighted by Gasteiger charge is 2.27. The van der Waals surface area contributed by atoms with Gasteiger partial charge in [0.15, 0.2) is 0 Å². The minimum Gasteiger partial charge on any atom is -0.341 e. The molecule has 0 atom stereocenters. The Morgan fingerprint density at radius 1 is 1.40 bits per heavy atom. The van der Waals surface area contributed by atoms with Crippen LogP contribution in [-0.2, 0) is 6.54 Å². The van der Waals surface area contributed by atoms with E-state index in [0.717, 1.165) is 24.6 Å². The molecule has 0 radical (unpaired) electrons. The Hall–Kier alpha value is -1.16. The summed E-state index contributed by atoms with van der Waals surface area (Å²) in [6.45, 7) is 3.92. The Morgan fingerprint density at radius 3 is 2.60 bits per heavy atom. The molecule has 1 aromatic heterocycles. The summed E-state index contributed by atoms with van der Waals surface area (Å²) in [5, 5.41) is 3.25. The van der Waals surface area contributed by atoms with Crippen molar-refractivity contribution in [2.24, 2.45) is 0 Å². The van der Waals surface area contributed by atoms with Crippen molar-refractivity contribution in [2.45, 2.75) is 32.4 Å². The van der Waals surface area contributed by atoms with E-state index in [1.165, 1.54) is 12.8 Å². The molecule has 15 heavy (non-hydrogen) atoms. The molecule has 0 aromatic carbocycles. The quantitative estimate of drug-likeness (QED) is 0.785. The van der Waals surface area contributed by atoms with Crippen LogP contribution >= 0.6 is 0 Å². The Labute approximate surface area is 90.7 Å². The van der Waals surface area contributed by atoms with Crippen molar-refractivity contribution >= 4 is 5.95 Å². The zero-order chi connectivity index (χ0) is 10.7. The molecule has 0 unspecified atom stereocenters. The van der Waals surface area contributed by atoms with Crippen LogP contribution in [-0.4, -0.2) is 29.6 Å². The Kier molecular flexibility index (Phi) is 3.16. The molecule has 0 bridgehead atoms. The molecule has 1 N–H and O–H groups in total. The fourth-order valence-corrected chi connectivity index (χ4v) is 1.52. The number of rotatable bonds is 5. The van der Waals surface area contributed by atoms with Gasteiger partial charge in [-0.3, -0.25) is 0 Å². The van der Waals surface area contributed by atoms with Gasteiger partial charge in [0.2, 0.25) is 5.95 Å². The highest BCUT2D eigenvalue weighted by atomic mass is 15.3. The maximum atomic E-state index is 4.37. The van der Waals surface area contributed by atoms with Gasteiger partial charge in [0.05, 0.1) is 0 Å². The van der Waals surface area contributed by atoms with E-state index in [1.54, 1.807) is 0 Å². The topological polar surface area (TPSA) is 41.1 Å². The molecule has 1 aliphatic carbocycles. The van der Waals surface area contributed by atoms with Crippen LogP contribution in [0.1, 0.15) is 25.3 Å². The lowest BCUT2D eigenvalue weighted by atomic mass is 10.3. The van der Waals surface area contributed by atoms with Crippen LogP contribution in [0, 0.1) is 0 Å². The predicted molar refractivity (Wildman–Crippen MR) is 60.8 cm³/mol. The minimum atomic E-state index is 0.671. The maximum Gasteiger partial charge on any atom is 0.225 e. The monoisotopic (exact) mass is 206 g/mol. The minimum absolute atomic E-state index is 0.671. The summed E-state index contributed by atoms with van der Waals surface area (Å²) < 4.78 is 0. The molecule has 2 rings (SSSR count). The second-order valence-corrected chi connectivity index (χ2v) is 4.01. The fourth-order valence-electron chi connectivity index (χ4n) is 1.52. The van der Waals surface area contributed by atoms with Crippen LogP contribution in [0.3, 0.4) is 0 Å². The van der Waals surface area contributed by atoms with Crippen LogP contribution in [0.15, 0.2) is 12.4 Å². The van der Waals surface area contributed by atoms with Crippen molar-refractivity contribution < 1.29 is 0 Å². The van der Waals surface area contributed by atoms with Gasteiger partial charge in [0, 0.05) is 37.6 Å². The van der Waals surface area contributed by atoms with Gasteiger partial charge >= 0.3 is 0 Å². The van der Waals surface area contributed by atoms with Crippen molar-refractivity contribution in [2.75, 3.05) is 18.5 Å². The molecule has 4 nitrogen and oxygen atoms in total. The fraction of sp³-hybridized carbons (Fsp3) is 0.636. The van der Waals surface area contributed by atoms with E-state index in [1.807, 2.05) is 12.4 Å². The van der Waals surface area contributed by atoms with E-state index in [4.69, 9.17) is 0 Å². The van der Waals surface area contributed by atoms with Crippen LogP contribution < -0.4 is 10.2 Å². The predicted octanol–water partition coefficient (Wildman–Crippen LogP) is 1.18. The van der Waals surface area contributed by atoms with Gasteiger partial charge in [-0.25, -0.2) is 9.97 Å². The summed E-state index contributed by atoms with van der Waals surface area (Å²) in [6, 6.07) is 0.671. The lowest BCUT2D eigenvalue weighted by Gasteiger charge is -2.15. The first-order chi connectivity index (χ1) is 7.31. The summed E-state index contributed by atoms with van der Waals surface area (Å²) in [5.74, 6) is 0.845. The van der Waals surface area contributed by atoms with Crippen molar-refractivity contribution in [3.05, 3.63) is 18.0 Å². The third kappa shape index (κ3) is 2.65. The molecule has 0 spiro atoms. The number of hydrogen-bond acceptors (Lipinski definition) is 4. The second-order valence-electron chi connectivity index (χ2n) is 4.01. The standard InChI is InChI=1S/C11H18N4/c1-3-12-6-9-7-13-11(14-8-9)15(2)10-4-5-10/h7-8,10,12H,3-6H2,1-2H3. The smallest absolute Gasteiger partial charge is 0.225 e. The summed E-state index contributed by atoms with van der Waals surface area (Å²) in [4.78, 5) is 10.9. The van der Waals surface area contributed by atoms with Gasteiger partial charge in [-0.15, -0.1) is 0 Å². The van der Waals surface area contributed by atoms with E-state index >= 15 is 0 Å². The molecule has 0 saturated heterocycles. The summed E-state index contributed by atoms with van der Waals surface area (Å²) in [6.07, 6.45) is 6.37. The largest absolute Gasteiger partial charge is 0.341 e. The van der Waals surface area contributed by atoms with Crippen LogP contribution in [0.5, 0.6) is 0 Å². The summed E-state index contributed by atoms with van der Waals surface area (Å²) in [7, 11) is 2.07. The molecular weight excluding hydrogens is 188 g/mol. The number of nitrogens with zero attached hydrogens (tertiary/aromatic N) is 3. The van der Waals surface area contributed by atoms with E-state index in [0.29, 0.717) is 6.04 Å². The van der Waals surface area contributed by atoms with Gasteiger partial charge < -0.3 is 10.2 Å². The van der Waals surface area contributed by atoms with Gasteiger partial charge in [0.1, 0.15) is 0 Å². The van der Waals surface area contributed by atoms with E-state index in [9.17, 15) is 0 Å². The summed E-state index contributed by atoms with van der Waals surface area (Å²) >= 11 is 0. The Morgan fingerprint density at radius 2 is 2.07 bits per heavy atom. The van der Waals surface area contributed by atoms with Crippen molar-refractivity contribution in [1.82, 2.24) is 15.3 Å². The van der Waals surface area contributed by atoms with E-state index < -0.39 is 0 Å². The lowest BCUT2D eigenvalue weighted by molar-refractivity contribution is 0.719. The summed E-state index contributed by atoms with van der Waals surface area (Å²) in [5.41, 5.74) is 1.14. The number of anilines is 1. The zero-order valence-electron chi connectivity index (χ0n) is 9.40. The highest BCUT2D eigenvalue weighted by molar-refractivity contribution is 5.32. The van der Waals surface area contributed by atoms with Crippen LogP contribution in [0.25, 0.3) is 0 Å². The lowest BCUT2D eigenvalue weighted by Crippen LogP contribution is -2.22. The third-order valence-electron chi connectivity index (χ3n) is 2.68. The number of nitrogens with one attached hydrogen (secondary N) is 1. The average molecular weight is 206 g/mol. The van der Waals surface area contributed by atoms with Crippen LogP contribution in [0.2, 0.25) is 0 Å². The SMILES string of the molecule is CCNCc1cnc(N(C)C2CC2)nc1. The molecule has 1 aromatic rings. The molecule has 1 heterocycles. The third-order valence-corrected chi connectivity index (χ3v) is 2.68. The number of aromatic nitrogens is 2. The van der Waals surface area contributed by atoms with Crippen LogP contribution in [0.4, 0.5) is 5.95 Å². The van der Waals surface area contributed by atoms with Gasteiger partial charge in [0.25, 0.3) is 0 Å². The second kappa shape index (κ2) is 4.57. The van der Waals surface area contributed by atoms with Gasteiger partial charge in [-0.05, 0) is 19.4 Å². The Bertz CT molecular complexity index is 305. The maximum absolute atomic E-state index is 4.37. The van der Waals surface area contributed by atoms with Crippen molar-refractivity contribution in [1.29, 1.82) is 0 Å². The molecule has 1 fully saturated rings. The molecule has 82 valence electrons. The normalized spacial score (nSPS) is 15.3. The molecule has 1 aliphatic rings. The molecule has 0 aliphatic heterocycles. The number of hydrogen-bond donors (Lipinski definition) is 1. The van der Waals surface area contributed by atoms with E-state index in [-0.39, 0.29) is 0 Å². The zero-order valence-corrected chi connectivity index (χ0v) is 9.40. The molecule has 4 heteroatoms.